The van der Waals surface area contributed by atoms with Gasteiger partial charge in [-0.25, -0.2) is 5.26 Å². The van der Waals surface area contributed by atoms with Crippen LogP contribution in [0.4, 0.5) is 0 Å². The van der Waals surface area contributed by atoms with E-state index in [-0.39, 0.29) is 9.03 Å². The second-order valence-electron chi connectivity index (χ2n) is 0.379. The Bertz CT molecular complexity index is 14.4. The van der Waals surface area contributed by atoms with Crippen molar-refractivity contribution in [2.45, 2.75) is 0 Å². The molecule has 0 heterocycles. The molecule has 5 heavy (non-hydrogen) atoms. The maximum absolute atomic E-state index is 7.45. The molecule has 0 saturated carbocycles. The summed E-state index contributed by atoms with van der Waals surface area (Å²) in [6.07, 6.45) is 0. The summed E-state index contributed by atoms with van der Waals surface area (Å²) in [7, 11) is 1.19. The second kappa shape index (κ2) is 4.31. The van der Waals surface area contributed by atoms with Crippen LogP contribution in [0.3, 0.4) is 0 Å². The van der Waals surface area contributed by atoms with E-state index in [1.165, 1.54) is 7.11 Å². The third-order valence-electron chi connectivity index (χ3n) is 0.121. The Kier molecular flexibility index (Phi) is 4.58. The molecule has 1 N–H and O–H groups in total. The lowest BCUT2D eigenvalue weighted by molar-refractivity contribution is -0.131. The van der Waals surface area contributed by atoms with Crippen molar-refractivity contribution in [2.24, 2.45) is 0 Å². The lowest BCUT2D eigenvalue weighted by atomic mass is 11.8. The third kappa shape index (κ3) is 4.31. The molecule has 0 aromatic heterocycles. The fourth-order valence-electron chi connectivity index (χ4n) is 0.0373. The standard InChI is InChI=1S/CH5O3P/c1-3-5-4-2/h2,5H,1H3. The molecule has 0 spiro atoms. The predicted octanol–water partition coefficient (Wildman–Crippen LogP) is 0.631. The van der Waals surface area contributed by atoms with Crippen LogP contribution >= 0.6 is 9.03 Å². The zero-order valence-electron chi connectivity index (χ0n) is 2.76. The van der Waals surface area contributed by atoms with Crippen molar-refractivity contribution in [1.29, 1.82) is 0 Å². The van der Waals surface area contributed by atoms with Gasteiger partial charge < -0.3 is 4.52 Å². The summed E-state index contributed by atoms with van der Waals surface area (Å²) in [6, 6.07) is 0. The molecule has 1 unspecified atom stereocenters. The molecule has 0 aliphatic heterocycles. The van der Waals surface area contributed by atoms with E-state index in [2.05, 4.69) is 9.20 Å². The molecule has 4 heteroatoms. The Morgan fingerprint density at radius 3 is 2.40 bits per heavy atom. The minimum Gasteiger partial charge on any atom is -0.338 e. The topological polar surface area (TPSA) is 38.7 Å². The van der Waals surface area contributed by atoms with Gasteiger partial charge in [0.15, 0.2) is 9.03 Å². The molecular weight excluding hydrogens is 91.0 g/mol. The Morgan fingerprint density at radius 2 is 2.40 bits per heavy atom. The first-order chi connectivity index (χ1) is 2.41. The van der Waals surface area contributed by atoms with Gasteiger partial charge in [-0.15, -0.1) is 0 Å². The van der Waals surface area contributed by atoms with Gasteiger partial charge in [0.05, 0.1) is 0 Å². The van der Waals surface area contributed by atoms with Crippen LogP contribution in [0.2, 0.25) is 0 Å². The van der Waals surface area contributed by atoms with Gasteiger partial charge in [-0.2, -0.15) is 4.67 Å². The van der Waals surface area contributed by atoms with Crippen LogP contribution < -0.4 is 0 Å². The maximum atomic E-state index is 7.45. The molecule has 0 rings (SSSR count). The third-order valence-corrected chi connectivity index (χ3v) is 0.362. The summed E-state index contributed by atoms with van der Waals surface area (Å²) in [5, 5.41) is 7.45. The molecule has 0 bridgehead atoms. The largest absolute Gasteiger partial charge is 0.338 e. The average molecular weight is 96.0 g/mol. The van der Waals surface area contributed by atoms with Gasteiger partial charge in [-0.3, -0.25) is 0 Å². The molecule has 0 aromatic carbocycles. The van der Waals surface area contributed by atoms with E-state index in [0.29, 0.717) is 0 Å². The highest BCUT2D eigenvalue weighted by atomic mass is 31.1. The zero-order chi connectivity index (χ0) is 4.12. The Labute approximate surface area is 31.8 Å². The van der Waals surface area contributed by atoms with Gasteiger partial charge in [0.1, 0.15) is 0 Å². The Hall–Kier alpha value is 0.310. The van der Waals surface area contributed by atoms with Gasteiger partial charge in [0, 0.05) is 7.11 Å². The number of hydrogen-bond donors (Lipinski definition) is 1. The first-order valence-corrected chi connectivity index (χ1v) is 1.82. The van der Waals surface area contributed by atoms with Crippen LogP contribution in [0.25, 0.3) is 0 Å². The van der Waals surface area contributed by atoms with Crippen LogP contribution in [0.5, 0.6) is 0 Å². The molecule has 0 saturated heterocycles. The van der Waals surface area contributed by atoms with Crippen molar-refractivity contribution in [3.05, 3.63) is 0 Å². The minimum absolute atomic E-state index is 0.247. The molecule has 0 fully saturated rings. The second-order valence-corrected chi connectivity index (χ2v) is 1.14. The van der Waals surface area contributed by atoms with Crippen molar-refractivity contribution in [3.63, 3.8) is 0 Å². The lowest BCUT2D eigenvalue weighted by Gasteiger charge is -1.83. The van der Waals surface area contributed by atoms with E-state index in [9.17, 15) is 0 Å². The monoisotopic (exact) mass is 96.0 g/mol. The predicted molar refractivity (Wildman–Crippen MR) is 19.0 cm³/mol. The van der Waals surface area contributed by atoms with Crippen molar-refractivity contribution >= 4 is 9.03 Å². The summed E-state index contributed by atoms with van der Waals surface area (Å²) in [5.41, 5.74) is 0. The van der Waals surface area contributed by atoms with E-state index in [1.54, 1.807) is 0 Å². The molecule has 0 amide bonds. The van der Waals surface area contributed by atoms with Crippen molar-refractivity contribution < 1.29 is 14.5 Å². The van der Waals surface area contributed by atoms with Gasteiger partial charge in [-0.05, 0) is 0 Å². The van der Waals surface area contributed by atoms with Crippen LogP contribution in [0.15, 0.2) is 0 Å². The molecular formula is CH5O3P. The molecule has 32 valence electrons. The zero-order valence-corrected chi connectivity index (χ0v) is 3.76. The van der Waals surface area contributed by atoms with E-state index in [1.807, 2.05) is 0 Å². The molecule has 0 aromatic rings. The van der Waals surface area contributed by atoms with Crippen molar-refractivity contribution in [3.8, 4) is 0 Å². The maximum Gasteiger partial charge on any atom is 0.193 e. The first kappa shape index (κ1) is 5.31. The van der Waals surface area contributed by atoms with Crippen LogP contribution in [-0.4, -0.2) is 12.4 Å². The summed E-state index contributed by atoms with van der Waals surface area (Å²) < 4.78 is 7.74. The SMILES string of the molecule is COPOO. The molecule has 0 aliphatic carbocycles. The normalized spacial score (nSPS) is 10.8. The van der Waals surface area contributed by atoms with Crippen molar-refractivity contribution in [2.75, 3.05) is 7.11 Å². The van der Waals surface area contributed by atoms with E-state index in [0.717, 1.165) is 0 Å². The van der Waals surface area contributed by atoms with Gasteiger partial charge >= 0.3 is 0 Å². The first-order valence-electron chi connectivity index (χ1n) is 0.999. The van der Waals surface area contributed by atoms with E-state index >= 15 is 0 Å². The number of hydrogen-bond acceptors (Lipinski definition) is 3. The van der Waals surface area contributed by atoms with Crippen LogP contribution in [0, 0.1) is 0 Å². The van der Waals surface area contributed by atoms with Gasteiger partial charge in [-0.1, -0.05) is 0 Å². The van der Waals surface area contributed by atoms with E-state index < -0.39 is 0 Å². The van der Waals surface area contributed by atoms with Crippen LogP contribution in [-0.2, 0) is 9.20 Å². The smallest absolute Gasteiger partial charge is 0.193 e. The highest BCUT2D eigenvalue weighted by Crippen LogP contribution is 2.05. The Morgan fingerprint density at radius 1 is 1.80 bits per heavy atom. The quantitative estimate of drug-likeness (QED) is 0.311. The average Bonchev–Trinajstić information content (AvgIpc) is 1.41. The summed E-state index contributed by atoms with van der Waals surface area (Å²) in [6.45, 7) is 0. The molecule has 0 radical (unpaired) electrons. The fourth-order valence-corrected chi connectivity index (χ4v) is 0.112. The highest BCUT2D eigenvalue weighted by Gasteiger charge is 1.67. The lowest BCUT2D eigenvalue weighted by Crippen LogP contribution is -1.61. The summed E-state index contributed by atoms with van der Waals surface area (Å²) in [5.74, 6) is 0. The Balaban J connectivity index is 2.19. The summed E-state index contributed by atoms with van der Waals surface area (Å²) >= 11 is 0. The number of rotatable bonds is 2. The van der Waals surface area contributed by atoms with Gasteiger partial charge in [0.25, 0.3) is 0 Å². The fraction of sp³-hybridized carbons (Fsp3) is 1.00. The minimum atomic E-state index is -0.247. The van der Waals surface area contributed by atoms with Crippen molar-refractivity contribution in [1.82, 2.24) is 0 Å². The molecule has 3 nitrogen and oxygen atoms in total. The molecule has 1 atom stereocenters. The molecule has 0 aliphatic rings. The van der Waals surface area contributed by atoms with E-state index in [4.69, 9.17) is 5.26 Å². The highest BCUT2D eigenvalue weighted by molar-refractivity contribution is 7.25. The summed E-state index contributed by atoms with van der Waals surface area (Å²) in [4.78, 5) is 0. The van der Waals surface area contributed by atoms with Crippen LogP contribution in [0.1, 0.15) is 0 Å². The van der Waals surface area contributed by atoms with Gasteiger partial charge in [0.2, 0.25) is 0 Å².